The summed E-state index contributed by atoms with van der Waals surface area (Å²) in [7, 11) is 0. The Kier molecular flexibility index (Phi) is 6.39. The molecular weight excluding hydrogens is 387 g/mol. The number of carbonyl (C=O) groups is 1. The number of hydrogen-bond acceptors (Lipinski definition) is 6. The highest BCUT2D eigenvalue weighted by atomic mass is 19.1. The minimum absolute atomic E-state index is 0.0615. The van der Waals surface area contributed by atoms with E-state index in [4.69, 9.17) is 0 Å². The van der Waals surface area contributed by atoms with Crippen molar-refractivity contribution in [2.45, 2.75) is 13.8 Å². The normalized spacial score (nSPS) is 10.5. The minimum atomic E-state index is -0.654. The van der Waals surface area contributed by atoms with Gasteiger partial charge in [-0.25, -0.2) is 9.37 Å². The summed E-state index contributed by atoms with van der Waals surface area (Å²) in [6, 6.07) is 8.06. The van der Waals surface area contributed by atoms with Crippen LogP contribution in [-0.2, 0) is 0 Å². The van der Waals surface area contributed by atoms with Gasteiger partial charge in [0.1, 0.15) is 23.5 Å². The predicted octanol–water partition coefficient (Wildman–Crippen LogP) is 2.86. The summed E-state index contributed by atoms with van der Waals surface area (Å²) in [5.41, 5.74) is 1.97. The van der Waals surface area contributed by atoms with Gasteiger partial charge in [-0.2, -0.15) is 10.4 Å². The number of aryl methyl sites for hydroxylation is 1. The lowest BCUT2D eigenvalue weighted by Gasteiger charge is -2.22. The van der Waals surface area contributed by atoms with Crippen LogP contribution in [0, 0.1) is 24.1 Å². The summed E-state index contributed by atoms with van der Waals surface area (Å²) in [4.78, 5) is 18.7. The monoisotopic (exact) mass is 408 g/mol. The van der Waals surface area contributed by atoms with Crippen LogP contribution in [0.15, 0.2) is 36.7 Å². The van der Waals surface area contributed by atoms with Gasteiger partial charge >= 0.3 is 0 Å². The van der Waals surface area contributed by atoms with Gasteiger partial charge in [-0.1, -0.05) is 0 Å². The van der Waals surface area contributed by atoms with E-state index in [1.54, 1.807) is 30.2 Å². The van der Waals surface area contributed by atoms with E-state index in [2.05, 4.69) is 26.6 Å². The average Bonchev–Trinajstić information content (AvgIpc) is 3.24. The maximum atomic E-state index is 14.5. The van der Waals surface area contributed by atoms with Crippen LogP contribution >= 0.6 is 0 Å². The molecule has 30 heavy (non-hydrogen) atoms. The third-order valence-corrected chi connectivity index (χ3v) is 4.66. The van der Waals surface area contributed by atoms with Crippen molar-refractivity contribution in [2.75, 3.05) is 29.9 Å². The second-order valence-corrected chi connectivity index (χ2v) is 6.58. The van der Waals surface area contributed by atoms with Gasteiger partial charge in [0.15, 0.2) is 0 Å². The van der Waals surface area contributed by atoms with E-state index in [9.17, 15) is 19.6 Å². The van der Waals surface area contributed by atoms with Gasteiger partial charge in [-0.3, -0.25) is 9.89 Å². The van der Waals surface area contributed by atoms with Crippen LogP contribution in [0.2, 0.25) is 0 Å². The smallest absolute Gasteiger partial charge is 0.259 e. The standard InChI is InChI=1S/C21H21FN6O2/c1-3-28(6-7-29)20-14(11-23)9-15(12-24-20)16-10-17(18(22)8-13(16)2)21(30)26-19-4-5-25-27-19/h4-5,8-10,12,29H,3,6-7H2,1-2H3,(H2,25,26,27,30). The number of amides is 1. The van der Waals surface area contributed by atoms with Gasteiger partial charge in [-0.05, 0) is 43.2 Å². The van der Waals surface area contributed by atoms with Gasteiger partial charge in [-0.15, -0.1) is 0 Å². The number of aromatic amines is 1. The molecule has 2 heterocycles. The van der Waals surface area contributed by atoms with Gasteiger partial charge in [0.05, 0.1) is 23.9 Å². The van der Waals surface area contributed by atoms with E-state index in [-0.39, 0.29) is 12.2 Å². The molecule has 0 aliphatic carbocycles. The summed E-state index contributed by atoms with van der Waals surface area (Å²) in [6.07, 6.45) is 3.05. The van der Waals surface area contributed by atoms with Gasteiger partial charge < -0.3 is 15.3 Å². The molecule has 0 bridgehead atoms. The largest absolute Gasteiger partial charge is 0.395 e. The molecule has 0 aliphatic rings. The third-order valence-electron chi connectivity index (χ3n) is 4.66. The molecule has 3 N–H and O–H groups in total. The number of pyridine rings is 1. The summed E-state index contributed by atoms with van der Waals surface area (Å²) < 4.78 is 14.5. The third kappa shape index (κ3) is 4.29. The molecule has 3 rings (SSSR count). The molecular formula is C21H21FN6O2. The van der Waals surface area contributed by atoms with Crippen molar-refractivity contribution in [2.24, 2.45) is 0 Å². The molecule has 0 atom stereocenters. The number of anilines is 2. The Morgan fingerprint density at radius 2 is 2.20 bits per heavy atom. The van der Waals surface area contributed by atoms with Crippen molar-refractivity contribution >= 4 is 17.5 Å². The molecule has 1 amide bonds. The number of aliphatic hydroxyl groups is 1. The second-order valence-electron chi connectivity index (χ2n) is 6.58. The quantitative estimate of drug-likeness (QED) is 0.553. The molecule has 3 aromatic rings. The van der Waals surface area contributed by atoms with Crippen molar-refractivity contribution < 1.29 is 14.3 Å². The first-order valence-corrected chi connectivity index (χ1v) is 9.35. The van der Waals surface area contributed by atoms with Crippen molar-refractivity contribution in [3.63, 3.8) is 0 Å². The Bertz CT molecular complexity index is 1090. The lowest BCUT2D eigenvalue weighted by atomic mass is 9.97. The molecule has 1 aromatic carbocycles. The van der Waals surface area contributed by atoms with Crippen LogP contribution in [-0.4, -0.2) is 45.9 Å². The fourth-order valence-electron chi connectivity index (χ4n) is 3.15. The molecule has 8 nitrogen and oxygen atoms in total. The van der Waals surface area contributed by atoms with Crippen LogP contribution in [0.5, 0.6) is 0 Å². The lowest BCUT2D eigenvalue weighted by Crippen LogP contribution is -2.27. The first-order chi connectivity index (χ1) is 14.5. The fraction of sp³-hybridized carbons (Fsp3) is 0.238. The number of rotatable bonds is 7. The zero-order valence-electron chi connectivity index (χ0n) is 16.6. The van der Waals surface area contributed by atoms with Gasteiger partial charge in [0.2, 0.25) is 0 Å². The number of aromatic nitrogens is 3. The molecule has 9 heteroatoms. The number of nitrogens with one attached hydrogen (secondary N) is 2. The second kappa shape index (κ2) is 9.15. The Balaban J connectivity index is 2.01. The van der Waals surface area contributed by atoms with Gasteiger partial charge in [0, 0.05) is 30.9 Å². The molecule has 0 saturated carbocycles. The topological polar surface area (TPSA) is 118 Å². The summed E-state index contributed by atoms with van der Waals surface area (Å²) in [5, 5.41) is 27.7. The first-order valence-electron chi connectivity index (χ1n) is 9.35. The SMILES string of the molecule is CCN(CCO)c1ncc(-c2cc(C(=O)Nc3ccn[nH]3)c(F)cc2C)cc1C#N. The maximum Gasteiger partial charge on any atom is 0.259 e. The molecule has 0 spiro atoms. The van der Waals surface area contributed by atoms with E-state index < -0.39 is 11.7 Å². The Morgan fingerprint density at radius 3 is 2.83 bits per heavy atom. The molecule has 0 aliphatic heterocycles. The maximum absolute atomic E-state index is 14.5. The number of nitriles is 1. The molecule has 0 saturated heterocycles. The lowest BCUT2D eigenvalue weighted by molar-refractivity contribution is 0.102. The molecule has 0 unspecified atom stereocenters. The number of benzene rings is 1. The zero-order chi connectivity index (χ0) is 21.7. The Hall–Kier alpha value is -3.77. The Labute approximate surface area is 173 Å². The van der Waals surface area contributed by atoms with E-state index in [0.717, 1.165) is 0 Å². The number of aliphatic hydroxyl groups excluding tert-OH is 1. The molecule has 2 aromatic heterocycles. The van der Waals surface area contributed by atoms with Crippen LogP contribution < -0.4 is 10.2 Å². The van der Waals surface area contributed by atoms with E-state index in [1.807, 2.05) is 6.92 Å². The summed E-state index contributed by atoms with van der Waals surface area (Å²) in [5.74, 6) is -0.459. The number of carbonyl (C=O) groups excluding carboxylic acids is 1. The number of halogens is 1. The first kappa shape index (κ1) is 21.0. The predicted molar refractivity (Wildman–Crippen MR) is 111 cm³/mol. The molecule has 0 radical (unpaired) electrons. The van der Waals surface area contributed by atoms with Crippen LogP contribution in [0.4, 0.5) is 16.0 Å². The number of hydrogen-bond donors (Lipinski definition) is 3. The summed E-state index contributed by atoms with van der Waals surface area (Å²) >= 11 is 0. The molecule has 0 fully saturated rings. The van der Waals surface area contributed by atoms with Gasteiger partial charge in [0.25, 0.3) is 5.91 Å². The van der Waals surface area contributed by atoms with Crippen LogP contribution in [0.3, 0.4) is 0 Å². The van der Waals surface area contributed by atoms with E-state index in [0.29, 0.717) is 47.0 Å². The average molecular weight is 408 g/mol. The zero-order valence-corrected chi connectivity index (χ0v) is 16.6. The highest BCUT2D eigenvalue weighted by molar-refractivity contribution is 6.04. The van der Waals surface area contributed by atoms with E-state index in [1.165, 1.54) is 18.3 Å². The van der Waals surface area contributed by atoms with Crippen LogP contribution in [0.1, 0.15) is 28.4 Å². The van der Waals surface area contributed by atoms with Crippen molar-refractivity contribution in [3.05, 3.63) is 59.2 Å². The van der Waals surface area contributed by atoms with Crippen molar-refractivity contribution in [3.8, 4) is 17.2 Å². The highest BCUT2D eigenvalue weighted by Gasteiger charge is 2.18. The summed E-state index contributed by atoms with van der Waals surface area (Å²) in [6.45, 7) is 4.49. The number of nitrogens with zero attached hydrogens (tertiary/aromatic N) is 4. The fourth-order valence-corrected chi connectivity index (χ4v) is 3.15. The Morgan fingerprint density at radius 1 is 1.40 bits per heavy atom. The highest BCUT2D eigenvalue weighted by Crippen LogP contribution is 2.29. The molecule has 154 valence electrons. The van der Waals surface area contributed by atoms with Crippen molar-refractivity contribution in [1.82, 2.24) is 15.2 Å². The minimum Gasteiger partial charge on any atom is -0.395 e. The number of H-pyrrole nitrogens is 1. The van der Waals surface area contributed by atoms with Crippen molar-refractivity contribution in [1.29, 1.82) is 5.26 Å². The number of likely N-dealkylation sites (N-methyl/N-ethyl adjacent to an activating group) is 1. The van der Waals surface area contributed by atoms with Crippen LogP contribution in [0.25, 0.3) is 11.1 Å². The van der Waals surface area contributed by atoms with E-state index >= 15 is 0 Å².